The van der Waals surface area contributed by atoms with Crippen LogP contribution in [0, 0.1) is 5.82 Å². The molecule has 0 aromatic heterocycles. The first-order valence-electron chi connectivity index (χ1n) is 11.5. The topological polar surface area (TPSA) is 78.9 Å². The van der Waals surface area contributed by atoms with Crippen LogP contribution in [0.3, 0.4) is 0 Å². The number of nitrogens with zero attached hydrogens (tertiary/aromatic N) is 2. The van der Waals surface area contributed by atoms with Gasteiger partial charge in [-0.15, -0.1) is 0 Å². The maximum Gasteiger partial charge on any atom is 0.261 e. The number of halogens is 1. The molecule has 3 aromatic rings. The van der Waals surface area contributed by atoms with Crippen molar-refractivity contribution in [3.63, 3.8) is 0 Å². The molecule has 1 saturated heterocycles. The van der Waals surface area contributed by atoms with Crippen LogP contribution in [0.15, 0.2) is 77.7 Å². The Hall–Kier alpha value is -3.43. The highest BCUT2D eigenvalue weighted by Gasteiger charge is 2.23. The fraction of sp³-hybridized carbons (Fsp3) is 0.269. The van der Waals surface area contributed by atoms with Crippen molar-refractivity contribution >= 4 is 21.6 Å². The smallest absolute Gasteiger partial charge is 0.261 e. The van der Waals surface area contributed by atoms with E-state index in [4.69, 9.17) is 4.74 Å². The van der Waals surface area contributed by atoms with Gasteiger partial charge >= 0.3 is 0 Å². The Morgan fingerprint density at radius 2 is 1.60 bits per heavy atom. The molecule has 1 aliphatic rings. The first-order valence-corrected chi connectivity index (χ1v) is 12.9. The Morgan fingerprint density at radius 1 is 0.943 bits per heavy atom. The van der Waals surface area contributed by atoms with Gasteiger partial charge in [0.2, 0.25) is 0 Å². The van der Waals surface area contributed by atoms with Crippen LogP contribution in [0.5, 0.6) is 5.75 Å². The van der Waals surface area contributed by atoms with Gasteiger partial charge in [0.1, 0.15) is 11.6 Å². The number of hydrogen-bond acceptors (Lipinski definition) is 5. The molecule has 1 aliphatic heterocycles. The molecule has 1 heterocycles. The van der Waals surface area contributed by atoms with Crippen molar-refractivity contribution in [2.45, 2.75) is 18.4 Å². The van der Waals surface area contributed by atoms with E-state index in [0.717, 1.165) is 0 Å². The highest BCUT2D eigenvalue weighted by molar-refractivity contribution is 7.92. The molecule has 3 aromatic carbocycles. The van der Waals surface area contributed by atoms with E-state index in [0.29, 0.717) is 61.9 Å². The standard InChI is InChI=1S/C26H28FN3O4S/c1-2-34-23-11-13-24(14-12-23)35(32,33)28-22-9-7-20(8-10-22)26(31)30-17-15-29(16-18-30)19-21-5-3-4-6-25(21)27/h3-14,28H,2,15-19H2,1H3. The number of rotatable bonds is 8. The van der Waals surface area contributed by atoms with E-state index in [1.807, 2.05) is 13.0 Å². The van der Waals surface area contributed by atoms with E-state index in [2.05, 4.69) is 9.62 Å². The van der Waals surface area contributed by atoms with Crippen LogP contribution >= 0.6 is 0 Å². The van der Waals surface area contributed by atoms with Crippen molar-refractivity contribution < 1.29 is 22.3 Å². The van der Waals surface area contributed by atoms with Crippen LogP contribution in [0.25, 0.3) is 0 Å². The maximum atomic E-state index is 13.9. The maximum absolute atomic E-state index is 13.9. The summed E-state index contributed by atoms with van der Waals surface area (Å²) in [5.74, 6) is 0.267. The minimum absolute atomic E-state index is 0.114. The fourth-order valence-corrected chi connectivity index (χ4v) is 4.99. The molecule has 4 rings (SSSR count). The number of carbonyl (C=O) groups excluding carboxylic acids is 1. The first kappa shape index (κ1) is 24.7. The van der Waals surface area contributed by atoms with Crippen molar-refractivity contribution in [2.75, 3.05) is 37.5 Å². The third-order valence-electron chi connectivity index (χ3n) is 5.84. The molecule has 1 fully saturated rings. The molecule has 0 unspecified atom stereocenters. The van der Waals surface area contributed by atoms with Gasteiger partial charge in [0.05, 0.1) is 11.5 Å². The molecule has 0 atom stereocenters. The van der Waals surface area contributed by atoms with Gasteiger partial charge in [-0.1, -0.05) is 18.2 Å². The molecule has 0 aliphatic carbocycles. The van der Waals surface area contributed by atoms with Gasteiger partial charge in [-0.3, -0.25) is 14.4 Å². The lowest BCUT2D eigenvalue weighted by Crippen LogP contribution is -2.48. The second-order valence-electron chi connectivity index (χ2n) is 8.25. The molecule has 9 heteroatoms. The number of anilines is 1. The Labute approximate surface area is 205 Å². The van der Waals surface area contributed by atoms with Gasteiger partial charge in [-0.05, 0) is 61.5 Å². The van der Waals surface area contributed by atoms with Crippen LogP contribution in [-0.2, 0) is 16.6 Å². The Balaban J connectivity index is 1.33. The van der Waals surface area contributed by atoms with E-state index >= 15 is 0 Å². The monoisotopic (exact) mass is 497 g/mol. The van der Waals surface area contributed by atoms with Crippen molar-refractivity contribution in [3.05, 3.63) is 89.7 Å². The summed E-state index contributed by atoms with van der Waals surface area (Å²) < 4.78 is 47.1. The number of carbonyl (C=O) groups is 1. The molecular formula is C26H28FN3O4S. The van der Waals surface area contributed by atoms with E-state index in [1.54, 1.807) is 53.4 Å². The zero-order chi connectivity index (χ0) is 24.8. The Kier molecular flexibility index (Phi) is 7.67. The predicted molar refractivity (Wildman–Crippen MR) is 132 cm³/mol. The van der Waals surface area contributed by atoms with Crippen LogP contribution in [0.2, 0.25) is 0 Å². The van der Waals surface area contributed by atoms with Crippen LogP contribution in [0.4, 0.5) is 10.1 Å². The summed E-state index contributed by atoms with van der Waals surface area (Å²) in [6, 6.07) is 19.3. The van der Waals surface area contributed by atoms with E-state index in [9.17, 15) is 17.6 Å². The molecule has 1 N–H and O–H groups in total. The highest BCUT2D eigenvalue weighted by Crippen LogP contribution is 2.21. The summed E-state index contributed by atoms with van der Waals surface area (Å²) in [4.78, 5) is 16.9. The third kappa shape index (κ3) is 6.17. The third-order valence-corrected chi connectivity index (χ3v) is 7.24. The van der Waals surface area contributed by atoms with Crippen LogP contribution in [-0.4, -0.2) is 56.9 Å². The van der Waals surface area contributed by atoms with Gasteiger partial charge in [0.25, 0.3) is 15.9 Å². The van der Waals surface area contributed by atoms with Crippen LogP contribution < -0.4 is 9.46 Å². The van der Waals surface area contributed by atoms with Crippen molar-refractivity contribution in [2.24, 2.45) is 0 Å². The molecular weight excluding hydrogens is 469 g/mol. The molecule has 35 heavy (non-hydrogen) atoms. The Morgan fingerprint density at radius 3 is 2.23 bits per heavy atom. The van der Waals surface area contributed by atoms with Gasteiger partial charge < -0.3 is 9.64 Å². The van der Waals surface area contributed by atoms with Gasteiger partial charge in [0.15, 0.2) is 0 Å². The molecule has 0 spiro atoms. The van der Waals surface area contributed by atoms with Gasteiger partial charge in [0, 0.05) is 49.5 Å². The highest BCUT2D eigenvalue weighted by atomic mass is 32.2. The molecule has 7 nitrogen and oxygen atoms in total. The average molecular weight is 498 g/mol. The molecule has 0 saturated carbocycles. The largest absolute Gasteiger partial charge is 0.494 e. The first-order chi connectivity index (χ1) is 16.9. The SMILES string of the molecule is CCOc1ccc(S(=O)(=O)Nc2ccc(C(=O)N3CCN(Cc4ccccc4F)CC3)cc2)cc1. The number of sulfonamides is 1. The van der Waals surface area contributed by atoms with Crippen LogP contribution in [0.1, 0.15) is 22.8 Å². The normalized spacial score (nSPS) is 14.5. The lowest BCUT2D eigenvalue weighted by atomic mass is 10.1. The lowest BCUT2D eigenvalue weighted by molar-refractivity contribution is 0.0627. The number of amides is 1. The number of nitrogens with one attached hydrogen (secondary N) is 1. The number of benzene rings is 3. The quantitative estimate of drug-likeness (QED) is 0.509. The summed E-state index contributed by atoms with van der Waals surface area (Å²) in [5.41, 5.74) is 1.50. The van der Waals surface area contributed by atoms with Gasteiger partial charge in [-0.25, -0.2) is 12.8 Å². The van der Waals surface area contributed by atoms with Crippen molar-refractivity contribution in [1.82, 2.24) is 9.80 Å². The second-order valence-corrected chi connectivity index (χ2v) is 9.93. The number of ether oxygens (including phenoxy) is 1. The average Bonchev–Trinajstić information content (AvgIpc) is 2.86. The van der Waals surface area contributed by atoms with Crippen molar-refractivity contribution in [3.8, 4) is 5.75 Å². The summed E-state index contributed by atoms with van der Waals surface area (Å²) in [7, 11) is -3.77. The number of hydrogen-bond donors (Lipinski definition) is 1. The van der Waals surface area contributed by atoms with E-state index in [1.165, 1.54) is 18.2 Å². The minimum Gasteiger partial charge on any atom is -0.494 e. The molecule has 1 amide bonds. The zero-order valence-corrected chi connectivity index (χ0v) is 20.3. The van der Waals surface area contributed by atoms with Gasteiger partial charge in [-0.2, -0.15) is 0 Å². The second kappa shape index (κ2) is 10.9. The molecule has 0 bridgehead atoms. The summed E-state index contributed by atoms with van der Waals surface area (Å²) in [6.07, 6.45) is 0. The Bertz CT molecular complexity index is 1260. The fourth-order valence-electron chi connectivity index (χ4n) is 3.94. The minimum atomic E-state index is -3.77. The van der Waals surface area contributed by atoms with E-state index < -0.39 is 10.0 Å². The van der Waals surface area contributed by atoms with E-state index in [-0.39, 0.29) is 16.6 Å². The number of piperazine rings is 1. The predicted octanol–water partition coefficient (Wildman–Crippen LogP) is 3.98. The molecule has 0 radical (unpaired) electrons. The van der Waals surface area contributed by atoms with Crippen molar-refractivity contribution in [1.29, 1.82) is 0 Å². The summed E-state index contributed by atoms with van der Waals surface area (Å²) in [6.45, 7) is 5.25. The lowest BCUT2D eigenvalue weighted by Gasteiger charge is -2.34. The molecule has 184 valence electrons. The summed E-state index contributed by atoms with van der Waals surface area (Å²) in [5, 5.41) is 0. The zero-order valence-electron chi connectivity index (χ0n) is 19.5. The summed E-state index contributed by atoms with van der Waals surface area (Å²) >= 11 is 0.